The molecule has 0 aliphatic rings. The van der Waals surface area contributed by atoms with Crippen LogP contribution in [0.2, 0.25) is 0 Å². The fourth-order valence-corrected chi connectivity index (χ4v) is 3.41. The first-order valence-corrected chi connectivity index (χ1v) is 9.90. The van der Waals surface area contributed by atoms with Gasteiger partial charge in [-0.25, -0.2) is 4.98 Å². The van der Waals surface area contributed by atoms with Crippen molar-refractivity contribution in [2.24, 2.45) is 0 Å². The van der Waals surface area contributed by atoms with E-state index in [9.17, 15) is 23.1 Å². The zero-order valence-electron chi connectivity index (χ0n) is 16.8. The van der Waals surface area contributed by atoms with Crippen LogP contribution in [0.1, 0.15) is 27.5 Å². The van der Waals surface area contributed by atoms with E-state index in [-0.39, 0.29) is 12.5 Å². The van der Waals surface area contributed by atoms with Crippen molar-refractivity contribution < 1.29 is 23.1 Å². The second kappa shape index (κ2) is 8.80. The van der Waals surface area contributed by atoms with Crippen LogP contribution in [0.4, 0.5) is 13.2 Å². The Balaban J connectivity index is 1.60. The first-order valence-electron chi connectivity index (χ1n) is 9.90. The largest absolute Gasteiger partial charge is 0.416 e. The fourth-order valence-electron chi connectivity index (χ4n) is 3.41. The summed E-state index contributed by atoms with van der Waals surface area (Å²) in [5.74, 6) is -0.364. The summed E-state index contributed by atoms with van der Waals surface area (Å²) < 4.78 is 38.4. The van der Waals surface area contributed by atoms with Gasteiger partial charge in [-0.1, -0.05) is 54.6 Å². The van der Waals surface area contributed by atoms with Crippen molar-refractivity contribution in [3.05, 3.63) is 102 Å². The molecule has 0 saturated heterocycles. The SMILES string of the molecule is O=C(NC(CO)c1ccccc1)c1ccc2ccc(-c3ccc(C(F)(F)F)cc3)nc2c1. The summed E-state index contributed by atoms with van der Waals surface area (Å²) in [6, 6.07) is 21.9. The standard InChI is InChI=1S/C25H19F3N2O2/c26-25(27,28)20-11-8-17(9-12-20)21-13-10-18-6-7-19(14-22(18)29-21)24(32)30-23(15-31)16-4-2-1-3-5-16/h1-14,23,31H,15H2,(H,30,32). The van der Waals surface area contributed by atoms with Crippen molar-refractivity contribution >= 4 is 16.8 Å². The van der Waals surface area contributed by atoms with E-state index >= 15 is 0 Å². The molecule has 2 N–H and O–H groups in total. The van der Waals surface area contributed by atoms with E-state index in [4.69, 9.17) is 0 Å². The quantitative estimate of drug-likeness (QED) is 0.441. The normalized spacial score (nSPS) is 12.5. The number of amides is 1. The molecule has 0 aliphatic carbocycles. The highest BCUT2D eigenvalue weighted by atomic mass is 19.4. The third kappa shape index (κ3) is 4.63. The molecule has 3 aromatic carbocycles. The predicted octanol–water partition coefficient (Wildman–Crippen LogP) is 5.38. The minimum atomic E-state index is -4.40. The number of nitrogens with one attached hydrogen (secondary N) is 1. The smallest absolute Gasteiger partial charge is 0.394 e. The van der Waals surface area contributed by atoms with Gasteiger partial charge in [-0.05, 0) is 35.9 Å². The number of aliphatic hydroxyl groups excluding tert-OH is 1. The number of fused-ring (bicyclic) bond motifs is 1. The average molecular weight is 436 g/mol. The highest BCUT2D eigenvalue weighted by Gasteiger charge is 2.30. The lowest BCUT2D eigenvalue weighted by molar-refractivity contribution is -0.137. The Morgan fingerprint density at radius 2 is 1.62 bits per heavy atom. The van der Waals surface area contributed by atoms with Crippen molar-refractivity contribution in [3.63, 3.8) is 0 Å². The van der Waals surface area contributed by atoms with Crippen LogP contribution in [0, 0.1) is 0 Å². The topological polar surface area (TPSA) is 62.2 Å². The number of nitrogens with zero attached hydrogens (tertiary/aromatic N) is 1. The Morgan fingerprint density at radius 1 is 0.938 bits per heavy atom. The number of benzene rings is 3. The van der Waals surface area contributed by atoms with E-state index < -0.39 is 17.8 Å². The molecule has 4 rings (SSSR count). The number of halogens is 3. The van der Waals surface area contributed by atoms with Gasteiger partial charge in [0.2, 0.25) is 0 Å². The number of hydrogen-bond donors (Lipinski definition) is 2. The van der Waals surface area contributed by atoms with E-state index in [1.807, 2.05) is 30.3 Å². The molecule has 4 aromatic rings. The van der Waals surface area contributed by atoms with Gasteiger partial charge in [0.25, 0.3) is 5.91 Å². The molecular weight excluding hydrogens is 417 g/mol. The van der Waals surface area contributed by atoms with Gasteiger partial charge in [0, 0.05) is 16.5 Å². The third-order valence-electron chi connectivity index (χ3n) is 5.15. The maximum Gasteiger partial charge on any atom is 0.416 e. The molecule has 32 heavy (non-hydrogen) atoms. The zero-order chi connectivity index (χ0) is 22.7. The number of aromatic nitrogens is 1. The first kappa shape index (κ1) is 21.5. The number of aliphatic hydroxyl groups is 1. The van der Waals surface area contributed by atoms with Gasteiger partial charge in [-0.2, -0.15) is 13.2 Å². The Labute approximate surface area is 182 Å². The van der Waals surface area contributed by atoms with Crippen LogP contribution in [0.3, 0.4) is 0 Å². The maximum absolute atomic E-state index is 12.8. The third-order valence-corrected chi connectivity index (χ3v) is 5.15. The Bertz CT molecular complexity index is 1240. The van der Waals surface area contributed by atoms with Gasteiger partial charge in [-0.3, -0.25) is 4.79 Å². The van der Waals surface area contributed by atoms with Crippen LogP contribution in [-0.4, -0.2) is 22.6 Å². The van der Waals surface area contributed by atoms with E-state index in [1.165, 1.54) is 12.1 Å². The van der Waals surface area contributed by atoms with Crippen LogP contribution in [-0.2, 0) is 6.18 Å². The second-order valence-electron chi connectivity index (χ2n) is 7.30. The van der Waals surface area contributed by atoms with Crippen LogP contribution < -0.4 is 5.32 Å². The highest BCUT2D eigenvalue weighted by Crippen LogP contribution is 2.31. The molecule has 0 spiro atoms. The van der Waals surface area contributed by atoms with Crippen LogP contribution in [0.5, 0.6) is 0 Å². The molecule has 1 heterocycles. The summed E-state index contributed by atoms with van der Waals surface area (Å²) in [6.07, 6.45) is -4.40. The number of rotatable bonds is 5. The van der Waals surface area contributed by atoms with Crippen molar-refractivity contribution in [2.45, 2.75) is 12.2 Å². The predicted molar refractivity (Wildman–Crippen MR) is 116 cm³/mol. The van der Waals surface area contributed by atoms with Crippen molar-refractivity contribution in [3.8, 4) is 11.3 Å². The Kier molecular flexibility index (Phi) is 5.92. The van der Waals surface area contributed by atoms with Gasteiger partial charge >= 0.3 is 6.18 Å². The van der Waals surface area contributed by atoms with E-state index in [0.29, 0.717) is 22.3 Å². The maximum atomic E-state index is 12.8. The zero-order valence-corrected chi connectivity index (χ0v) is 16.8. The van der Waals surface area contributed by atoms with Gasteiger partial charge in [-0.15, -0.1) is 0 Å². The molecule has 4 nitrogen and oxygen atoms in total. The van der Waals surface area contributed by atoms with Gasteiger partial charge in [0.15, 0.2) is 0 Å². The average Bonchev–Trinajstić information content (AvgIpc) is 2.81. The Morgan fingerprint density at radius 3 is 2.28 bits per heavy atom. The van der Waals surface area contributed by atoms with Gasteiger partial charge in [0.1, 0.15) is 0 Å². The van der Waals surface area contributed by atoms with Crippen LogP contribution in [0.25, 0.3) is 22.2 Å². The van der Waals surface area contributed by atoms with Crippen LogP contribution in [0.15, 0.2) is 84.9 Å². The number of alkyl halides is 3. The second-order valence-corrected chi connectivity index (χ2v) is 7.30. The molecule has 0 radical (unpaired) electrons. The highest BCUT2D eigenvalue weighted by molar-refractivity contribution is 5.98. The van der Waals surface area contributed by atoms with Crippen LogP contribution >= 0.6 is 0 Å². The van der Waals surface area contributed by atoms with E-state index in [0.717, 1.165) is 23.1 Å². The molecule has 7 heteroatoms. The lowest BCUT2D eigenvalue weighted by Crippen LogP contribution is -2.30. The van der Waals surface area contributed by atoms with Gasteiger partial charge in [0.05, 0.1) is 29.4 Å². The fraction of sp³-hybridized carbons (Fsp3) is 0.120. The molecule has 162 valence electrons. The number of pyridine rings is 1. The molecule has 1 atom stereocenters. The molecular formula is C25H19F3N2O2. The number of hydrogen-bond acceptors (Lipinski definition) is 3. The first-order chi connectivity index (χ1) is 15.3. The summed E-state index contributed by atoms with van der Waals surface area (Å²) in [4.78, 5) is 17.3. The summed E-state index contributed by atoms with van der Waals surface area (Å²) in [5.41, 5.74) is 2.00. The summed E-state index contributed by atoms with van der Waals surface area (Å²) in [7, 11) is 0. The summed E-state index contributed by atoms with van der Waals surface area (Å²) in [6.45, 7) is -0.250. The monoisotopic (exact) mass is 436 g/mol. The molecule has 0 fully saturated rings. The number of carbonyl (C=O) groups excluding carboxylic acids is 1. The van der Waals surface area contributed by atoms with Crippen molar-refractivity contribution in [2.75, 3.05) is 6.61 Å². The van der Waals surface area contributed by atoms with E-state index in [1.54, 1.807) is 30.3 Å². The summed E-state index contributed by atoms with van der Waals surface area (Å²) in [5, 5.41) is 13.3. The summed E-state index contributed by atoms with van der Waals surface area (Å²) >= 11 is 0. The molecule has 1 amide bonds. The number of carbonyl (C=O) groups is 1. The molecule has 1 unspecified atom stereocenters. The lowest BCUT2D eigenvalue weighted by Gasteiger charge is -2.17. The lowest BCUT2D eigenvalue weighted by atomic mass is 10.0. The van der Waals surface area contributed by atoms with Crippen molar-refractivity contribution in [1.82, 2.24) is 10.3 Å². The molecule has 0 bridgehead atoms. The van der Waals surface area contributed by atoms with Crippen molar-refractivity contribution in [1.29, 1.82) is 0 Å². The molecule has 1 aromatic heterocycles. The molecule has 0 aliphatic heterocycles. The minimum Gasteiger partial charge on any atom is -0.394 e. The Hall–Kier alpha value is -3.71. The van der Waals surface area contributed by atoms with Gasteiger partial charge < -0.3 is 10.4 Å². The van der Waals surface area contributed by atoms with E-state index in [2.05, 4.69) is 10.3 Å². The minimum absolute atomic E-state index is 0.250. The molecule has 0 saturated carbocycles.